The van der Waals surface area contributed by atoms with Crippen LogP contribution in [0, 0.1) is 13.8 Å². The number of benzene rings is 2. The largest absolute Gasteiger partial charge is 0.453 e. The second kappa shape index (κ2) is 6.41. The lowest BCUT2D eigenvalue weighted by Gasteiger charge is -2.18. The van der Waals surface area contributed by atoms with Crippen molar-refractivity contribution in [2.75, 3.05) is 12.4 Å². The molecule has 110 valence electrons. The number of nitrogens with one attached hydrogen (secondary N) is 1. The minimum atomic E-state index is -0.502. The van der Waals surface area contributed by atoms with Crippen LogP contribution in [-0.2, 0) is 4.74 Å². The maximum absolute atomic E-state index is 11.5. The molecule has 0 fully saturated rings. The number of hydrogen-bond donors (Lipinski definition) is 2. The number of aryl methyl sites for hydroxylation is 2. The van der Waals surface area contributed by atoms with E-state index in [0.29, 0.717) is 5.69 Å². The molecule has 0 spiro atoms. The normalized spacial score (nSPS) is 11.8. The van der Waals surface area contributed by atoms with Gasteiger partial charge >= 0.3 is 6.09 Å². The molecule has 2 aromatic rings. The zero-order chi connectivity index (χ0) is 15.4. The molecule has 0 heterocycles. The van der Waals surface area contributed by atoms with Crippen LogP contribution in [-0.4, -0.2) is 13.2 Å². The molecule has 1 atom stereocenters. The number of anilines is 1. The van der Waals surface area contributed by atoms with Crippen LogP contribution in [0.3, 0.4) is 0 Å². The van der Waals surface area contributed by atoms with E-state index < -0.39 is 6.09 Å². The lowest BCUT2D eigenvalue weighted by molar-refractivity contribution is 0.187. The molecular weight excluding hydrogens is 264 g/mol. The van der Waals surface area contributed by atoms with Crippen molar-refractivity contribution in [2.45, 2.75) is 19.9 Å². The first-order chi connectivity index (χ1) is 10.0. The maximum atomic E-state index is 11.5. The van der Waals surface area contributed by atoms with Crippen LogP contribution in [0.4, 0.5) is 10.5 Å². The monoisotopic (exact) mass is 284 g/mol. The van der Waals surface area contributed by atoms with Crippen LogP contribution in [0.5, 0.6) is 0 Å². The van der Waals surface area contributed by atoms with Gasteiger partial charge < -0.3 is 10.5 Å². The van der Waals surface area contributed by atoms with Crippen molar-refractivity contribution >= 4 is 11.8 Å². The molecule has 0 aliphatic heterocycles. The molecule has 0 aromatic heterocycles. The van der Waals surface area contributed by atoms with E-state index in [1.807, 2.05) is 56.3 Å². The number of ether oxygens (including phenoxy) is 1. The lowest BCUT2D eigenvalue weighted by atomic mass is 9.96. The molecule has 4 nitrogen and oxygen atoms in total. The van der Waals surface area contributed by atoms with Crippen LogP contribution in [0.15, 0.2) is 42.5 Å². The summed E-state index contributed by atoms with van der Waals surface area (Å²) in [7, 11) is 1.34. The molecule has 21 heavy (non-hydrogen) atoms. The fraction of sp³-hybridized carbons (Fsp3) is 0.235. The van der Waals surface area contributed by atoms with Crippen molar-refractivity contribution in [1.29, 1.82) is 0 Å². The molecule has 0 aliphatic rings. The Balaban J connectivity index is 2.37. The van der Waals surface area contributed by atoms with Gasteiger partial charge in [0, 0.05) is 5.69 Å². The second-order valence-corrected chi connectivity index (χ2v) is 5.10. The summed E-state index contributed by atoms with van der Waals surface area (Å²) in [5, 5.41) is 2.72. The van der Waals surface area contributed by atoms with Gasteiger partial charge in [-0.3, -0.25) is 5.32 Å². The maximum Gasteiger partial charge on any atom is 0.411 e. The van der Waals surface area contributed by atoms with Crippen molar-refractivity contribution in [3.05, 3.63) is 64.7 Å². The van der Waals surface area contributed by atoms with E-state index in [-0.39, 0.29) is 6.04 Å². The Hall–Kier alpha value is -2.33. The summed E-state index contributed by atoms with van der Waals surface area (Å²) in [5.41, 5.74) is 11.1. The number of hydrogen-bond acceptors (Lipinski definition) is 3. The number of rotatable bonds is 3. The van der Waals surface area contributed by atoms with Gasteiger partial charge in [-0.25, -0.2) is 4.79 Å². The predicted octanol–water partition coefficient (Wildman–Crippen LogP) is 3.53. The van der Waals surface area contributed by atoms with Crippen LogP contribution in [0.2, 0.25) is 0 Å². The lowest BCUT2D eigenvalue weighted by Crippen LogP contribution is -2.18. The van der Waals surface area contributed by atoms with Gasteiger partial charge in [0.05, 0.1) is 13.2 Å². The number of carbonyl (C=O) groups is 1. The Kier molecular flexibility index (Phi) is 4.60. The highest BCUT2D eigenvalue weighted by Crippen LogP contribution is 2.28. The Morgan fingerprint density at radius 2 is 1.71 bits per heavy atom. The first kappa shape index (κ1) is 15.1. The standard InChI is InChI=1S/C17H20N2O2/c1-11-4-7-13(8-5-11)16(18)14-9-6-12(2)10-15(14)19-17(20)21-3/h4-10,16H,18H2,1-3H3,(H,19,20). The minimum absolute atomic E-state index is 0.307. The van der Waals surface area contributed by atoms with E-state index in [9.17, 15) is 4.79 Å². The number of carbonyl (C=O) groups excluding carboxylic acids is 1. The summed E-state index contributed by atoms with van der Waals surface area (Å²) >= 11 is 0. The first-order valence-corrected chi connectivity index (χ1v) is 6.79. The molecule has 3 N–H and O–H groups in total. The van der Waals surface area contributed by atoms with E-state index in [1.54, 1.807) is 0 Å². The molecule has 4 heteroatoms. The van der Waals surface area contributed by atoms with Crippen molar-refractivity contribution in [3.8, 4) is 0 Å². The molecule has 0 saturated heterocycles. The van der Waals surface area contributed by atoms with Crippen LogP contribution in [0.1, 0.15) is 28.3 Å². The first-order valence-electron chi connectivity index (χ1n) is 6.79. The van der Waals surface area contributed by atoms with Crippen LogP contribution in [0.25, 0.3) is 0 Å². The number of nitrogens with two attached hydrogens (primary N) is 1. The quantitative estimate of drug-likeness (QED) is 0.906. The van der Waals surface area contributed by atoms with E-state index in [2.05, 4.69) is 10.1 Å². The summed E-state index contributed by atoms with van der Waals surface area (Å²) in [5.74, 6) is 0. The third kappa shape index (κ3) is 3.61. The van der Waals surface area contributed by atoms with Gasteiger partial charge in [0.25, 0.3) is 0 Å². The van der Waals surface area contributed by atoms with Gasteiger partial charge in [0.15, 0.2) is 0 Å². The van der Waals surface area contributed by atoms with Gasteiger partial charge in [-0.15, -0.1) is 0 Å². The molecule has 1 unspecified atom stereocenters. The average molecular weight is 284 g/mol. The third-order valence-electron chi connectivity index (χ3n) is 3.40. The fourth-order valence-corrected chi connectivity index (χ4v) is 2.16. The van der Waals surface area contributed by atoms with Crippen LogP contribution >= 0.6 is 0 Å². The fourth-order valence-electron chi connectivity index (χ4n) is 2.16. The number of amides is 1. The Bertz CT molecular complexity index is 636. The average Bonchev–Trinajstić information content (AvgIpc) is 2.47. The Labute approximate surface area is 124 Å². The molecule has 1 amide bonds. The Morgan fingerprint density at radius 1 is 1.10 bits per heavy atom. The zero-order valence-electron chi connectivity index (χ0n) is 12.5. The van der Waals surface area contributed by atoms with Gasteiger partial charge in [-0.05, 0) is 36.6 Å². The highest BCUT2D eigenvalue weighted by molar-refractivity contribution is 5.86. The molecule has 0 saturated carbocycles. The van der Waals surface area contributed by atoms with Crippen molar-refractivity contribution in [2.24, 2.45) is 5.73 Å². The van der Waals surface area contributed by atoms with E-state index in [0.717, 1.165) is 16.7 Å². The molecule has 2 aromatic carbocycles. The van der Waals surface area contributed by atoms with Crippen molar-refractivity contribution in [3.63, 3.8) is 0 Å². The summed E-state index contributed by atoms with van der Waals surface area (Å²) in [6.45, 7) is 4.00. The Morgan fingerprint density at radius 3 is 2.33 bits per heavy atom. The summed E-state index contributed by atoms with van der Waals surface area (Å²) in [6.07, 6.45) is -0.502. The second-order valence-electron chi connectivity index (χ2n) is 5.10. The third-order valence-corrected chi connectivity index (χ3v) is 3.40. The summed E-state index contributed by atoms with van der Waals surface area (Å²) < 4.78 is 4.66. The van der Waals surface area contributed by atoms with Gasteiger partial charge in [0.2, 0.25) is 0 Å². The zero-order valence-corrected chi connectivity index (χ0v) is 12.5. The predicted molar refractivity (Wildman–Crippen MR) is 84.4 cm³/mol. The van der Waals surface area contributed by atoms with Crippen LogP contribution < -0.4 is 11.1 Å². The van der Waals surface area contributed by atoms with E-state index >= 15 is 0 Å². The molecule has 2 rings (SSSR count). The van der Waals surface area contributed by atoms with E-state index in [1.165, 1.54) is 12.7 Å². The molecular formula is C17H20N2O2. The topological polar surface area (TPSA) is 64.3 Å². The molecule has 0 aliphatic carbocycles. The summed E-state index contributed by atoms with van der Waals surface area (Å²) in [6, 6.07) is 13.5. The SMILES string of the molecule is COC(=O)Nc1cc(C)ccc1C(N)c1ccc(C)cc1. The molecule has 0 bridgehead atoms. The molecule has 0 radical (unpaired) electrons. The van der Waals surface area contributed by atoms with Crippen molar-refractivity contribution < 1.29 is 9.53 Å². The minimum Gasteiger partial charge on any atom is -0.453 e. The highest BCUT2D eigenvalue weighted by Gasteiger charge is 2.15. The van der Waals surface area contributed by atoms with Gasteiger partial charge in [-0.2, -0.15) is 0 Å². The smallest absolute Gasteiger partial charge is 0.411 e. The van der Waals surface area contributed by atoms with Gasteiger partial charge in [0.1, 0.15) is 0 Å². The summed E-state index contributed by atoms with van der Waals surface area (Å²) in [4.78, 5) is 11.5. The van der Waals surface area contributed by atoms with E-state index in [4.69, 9.17) is 5.73 Å². The highest BCUT2D eigenvalue weighted by atomic mass is 16.5. The van der Waals surface area contributed by atoms with Gasteiger partial charge in [-0.1, -0.05) is 42.0 Å². The number of methoxy groups -OCH3 is 1. The van der Waals surface area contributed by atoms with Crippen molar-refractivity contribution in [1.82, 2.24) is 0 Å².